The standard InChI is InChI=1S/C27H23ClF2N6O4/c1-15-12-32-26(33-20-6-7-22-23(11-20)40-27(29,30)39-22)35-24(15)36-9-8-18(14-36)25(38)34-21(13-31-16(2)37)17-4-3-5-19(28)10-17/h3-12,14,21H,13H2,1-2H3,(H,31,37)(H,34,38)(H,32,33,35). The molecular weight excluding hydrogens is 546 g/mol. The Morgan fingerprint density at radius 1 is 1.12 bits per heavy atom. The highest BCUT2D eigenvalue weighted by Gasteiger charge is 2.43. The van der Waals surface area contributed by atoms with Crippen LogP contribution in [-0.4, -0.2) is 39.2 Å². The highest BCUT2D eigenvalue weighted by atomic mass is 35.5. The molecule has 2 aromatic heterocycles. The summed E-state index contributed by atoms with van der Waals surface area (Å²) in [6, 6.07) is 12.4. The van der Waals surface area contributed by atoms with E-state index < -0.39 is 12.3 Å². The van der Waals surface area contributed by atoms with Gasteiger partial charge in [-0.2, -0.15) is 4.98 Å². The number of carbonyl (C=O) groups is 2. The summed E-state index contributed by atoms with van der Waals surface area (Å²) in [5, 5.41) is 9.13. The number of alkyl halides is 2. The molecule has 13 heteroatoms. The van der Waals surface area contributed by atoms with Gasteiger partial charge in [-0.1, -0.05) is 23.7 Å². The van der Waals surface area contributed by atoms with Crippen molar-refractivity contribution in [2.24, 2.45) is 0 Å². The van der Waals surface area contributed by atoms with E-state index in [0.717, 1.165) is 11.1 Å². The van der Waals surface area contributed by atoms with Gasteiger partial charge in [0, 0.05) is 54.4 Å². The van der Waals surface area contributed by atoms with Crippen LogP contribution in [0.3, 0.4) is 0 Å². The van der Waals surface area contributed by atoms with Crippen LogP contribution in [-0.2, 0) is 4.79 Å². The average Bonchev–Trinajstić information content (AvgIpc) is 3.50. The van der Waals surface area contributed by atoms with Crippen LogP contribution in [0.15, 0.2) is 67.1 Å². The van der Waals surface area contributed by atoms with Crippen LogP contribution in [0.25, 0.3) is 5.82 Å². The Hall–Kier alpha value is -4.71. The van der Waals surface area contributed by atoms with Crippen molar-refractivity contribution in [3.8, 4) is 17.3 Å². The number of nitrogens with zero attached hydrogens (tertiary/aromatic N) is 3. The van der Waals surface area contributed by atoms with E-state index in [1.807, 2.05) is 13.0 Å². The molecule has 1 aliphatic rings. The second-order valence-corrected chi connectivity index (χ2v) is 9.42. The van der Waals surface area contributed by atoms with Gasteiger partial charge >= 0.3 is 6.29 Å². The lowest BCUT2D eigenvalue weighted by Crippen LogP contribution is -2.37. The number of amides is 2. The molecule has 0 saturated heterocycles. The van der Waals surface area contributed by atoms with Crippen LogP contribution < -0.4 is 25.4 Å². The van der Waals surface area contributed by atoms with Crippen LogP contribution in [0.5, 0.6) is 11.5 Å². The summed E-state index contributed by atoms with van der Waals surface area (Å²) < 4.78 is 37.3. The van der Waals surface area contributed by atoms with Crippen LogP contribution in [0, 0.1) is 6.92 Å². The van der Waals surface area contributed by atoms with E-state index in [-0.39, 0.29) is 35.8 Å². The van der Waals surface area contributed by atoms with E-state index in [9.17, 15) is 18.4 Å². The minimum absolute atomic E-state index is 0.0751. The van der Waals surface area contributed by atoms with Crippen molar-refractivity contribution in [1.29, 1.82) is 0 Å². The monoisotopic (exact) mass is 568 g/mol. The molecule has 1 unspecified atom stereocenters. The summed E-state index contributed by atoms with van der Waals surface area (Å²) in [5.74, 6) is -0.0892. The molecule has 3 heterocycles. The molecule has 10 nitrogen and oxygen atoms in total. The minimum atomic E-state index is -3.72. The van der Waals surface area contributed by atoms with Crippen molar-refractivity contribution in [2.45, 2.75) is 26.2 Å². The molecule has 5 rings (SSSR count). The van der Waals surface area contributed by atoms with Crippen molar-refractivity contribution in [3.63, 3.8) is 0 Å². The number of carbonyl (C=O) groups excluding carboxylic acids is 2. The molecule has 1 aliphatic heterocycles. The van der Waals surface area contributed by atoms with Gasteiger partial charge < -0.3 is 30.0 Å². The quantitative estimate of drug-likeness (QED) is 0.276. The second kappa shape index (κ2) is 10.8. The first-order valence-electron chi connectivity index (χ1n) is 12.1. The molecule has 40 heavy (non-hydrogen) atoms. The number of ether oxygens (including phenoxy) is 2. The SMILES string of the molecule is CC(=O)NCC(NC(=O)c1ccn(-c2nc(Nc3ccc4c(c3)OC(F)(F)O4)ncc2C)c1)c1cccc(Cl)c1. The molecule has 0 spiro atoms. The van der Waals surface area contributed by atoms with Crippen molar-refractivity contribution >= 4 is 35.1 Å². The van der Waals surface area contributed by atoms with E-state index in [0.29, 0.717) is 22.1 Å². The Kier molecular flexibility index (Phi) is 7.26. The largest absolute Gasteiger partial charge is 0.586 e. The topological polar surface area (TPSA) is 119 Å². The predicted octanol–water partition coefficient (Wildman–Crippen LogP) is 4.90. The van der Waals surface area contributed by atoms with Gasteiger partial charge in [0.2, 0.25) is 11.9 Å². The number of anilines is 2. The highest BCUT2D eigenvalue weighted by molar-refractivity contribution is 6.30. The zero-order valence-corrected chi connectivity index (χ0v) is 22.0. The van der Waals surface area contributed by atoms with Gasteiger partial charge in [0.25, 0.3) is 5.91 Å². The lowest BCUT2D eigenvalue weighted by molar-refractivity contribution is -0.286. The molecule has 0 radical (unpaired) electrons. The fourth-order valence-electron chi connectivity index (χ4n) is 4.04. The van der Waals surface area contributed by atoms with Crippen molar-refractivity contribution < 1.29 is 27.8 Å². The normalized spacial score (nSPS) is 13.9. The molecule has 0 bridgehead atoms. The summed E-state index contributed by atoms with van der Waals surface area (Å²) >= 11 is 6.13. The first-order chi connectivity index (χ1) is 19.1. The van der Waals surface area contributed by atoms with Gasteiger partial charge in [-0.3, -0.25) is 9.59 Å². The van der Waals surface area contributed by atoms with E-state index in [2.05, 4.69) is 35.4 Å². The number of aryl methyl sites for hydroxylation is 1. The number of halogens is 3. The van der Waals surface area contributed by atoms with E-state index in [4.69, 9.17) is 11.6 Å². The first-order valence-corrected chi connectivity index (χ1v) is 12.4. The van der Waals surface area contributed by atoms with Gasteiger partial charge in [-0.25, -0.2) is 4.98 Å². The predicted molar refractivity (Wildman–Crippen MR) is 142 cm³/mol. The molecule has 1 atom stereocenters. The number of hydrogen-bond donors (Lipinski definition) is 3. The Morgan fingerprint density at radius 3 is 2.70 bits per heavy atom. The summed E-state index contributed by atoms with van der Waals surface area (Å²) in [5.41, 5.74) is 2.23. The Labute approximate surface area is 232 Å². The van der Waals surface area contributed by atoms with E-state index >= 15 is 0 Å². The third-order valence-electron chi connectivity index (χ3n) is 5.91. The number of rotatable bonds is 8. The molecule has 4 aromatic rings. The molecule has 2 amide bonds. The number of hydrogen-bond acceptors (Lipinski definition) is 7. The maximum atomic E-state index is 13.3. The maximum absolute atomic E-state index is 13.3. The molecule has 3 N–H and O–H groups in total. The number of aromatic nitrogens is 3. The van der Waals surface area contributed by atoms with Crippen molar-refractivity contribution in [2.75, 3.05) is 11.9 Å². The van der Waals surface area contributed by atoms with Crippen molar-refractivity contribution in [3.05, 3.63) is 88.8 Å². The zero-order valence-electron chi connectivity index (χ0n) is 21.2. The summed E-state index contributed by atoms with van der Waals surface area (Å²) in [4.78, 5) is 33.4. The fraction of sp³-hybridized carbons (Fsp3) is 0.185. The lowest BCUT2D eigenvalue weighted by atomic mass is 10.1. The highest BCUT2D eigenvalue weighted by Crippen LogP contribution is 2.42. The van der Waals surface area contributed by atoms with E-state index in [1.54, 1.807) is 47.4 Å². The van der Waals surface area contributed by atoms with Crippen LogP contribution >= 0.6 is 11.6 Å². The molecule has 0 aliphatic carbocycles. The Bertz CT molecular complexity index is 1590. The third-order valence-corrected chi connectivity index (χ3v) is 6.15. The first kappa shape index (κ1) is 26.9. The number of nitrogens with one attached hydrogen (secondary N) is 3. The third kappa shape index (κ3) is 6.12. The molecule has 2 aromatic carbocycles. The maximum Gasteiger partial charge on any atom is 0.586 e. The van der Waals surface area contributed by atoms with Crippen LogP contribution in [0.1, 0.15) is 34.5 Å². The van der Waals surface area contributed by atoms with Gasteiger partial charge in [0.05, 0.1) is 11.6 Å². The lowest BCUT2D eigenvalue weighted by Gasteiger charge is -2.19. The number of benzene rings is 2. The summed E-state index contributed by atoms with van der Waals surface area (Å²) in [7, 11) is 0. The van der Waals surface area contributed by atoms with Crippen LogP contribution in [0.4, 0.5) is 20.4 Å². The van der Waals surface area contributed by atoms with Gasteiger partial charge in [0.1, 0.15) is 5.82 Å². The average molecular weight is 569 g/mol. The summed E-state index contributed by atoms with van der Waals surface area (Å²) in [6.07, 6.45) is 1.17. The van der Waals surface area contributed by atoms with Gasteiger partial charge in [-0.15, -0.1) is 8.78 Å². The molecular formula is C27H23ClF2N6O4. The second-order valence-electron chi connectivity index (χ2n) is 8.98. The van der Waals surface area contributed by atoms with Crippen LogP contribution in [0.2, 0.25) is 5.02 Å². The summed E-state index contributed by atoms with van der Waals surface area (Å²) in [6.45, 7) is 3.39. The molecule has 0 saturated carbocycles. The van der Waals surface area contributed by atoms with Gasteiger partial charge in [0.15, 0.2) is 11.5 Å². The van der Waals surface area contributed by atoms with Gasteiger partial charge in [-0.05, 0) is 42.8 Å². The number of fused-ring (bicyclic) bond motifs is 1. The Balaban J connectivity index is 1.33. The fourth-order valence-corrected chi connectivity index (χ4v) is 4.23. The molecule has 206 valence electrons. The minimum Gasteiger partial charge on any atom is -0.395 e. The molecule has 0 fully saturated rings. The van der Waals surface area contributed by atoms with E-state index in [1.165, 1.54) is 25.1 Å². The zero-order chi connectivity index (χ0) is 28.4. The van der Waals surface area contributed by atoms with Crippen molar-refractivity contribution in [1.82, 2.24) is 25.2 Å². The Morgan fingerprint density at radius 2 is 1.93 bits per heavy atom. The smallest absolute Gasteiger partial charge is 0.395 e.